The fourth-order valence-electron chi connectivity index (χ4n) is 2.06. The highest BCUT2D eigenvalue weighted by molar-refractivity contribution is 6.43. The van der Waals surface area contributed by atoms with E-state index in [1.54, 1.807) is 18.2 Å². The molecule has 0 aliphatic carbocycles. The normalized spacial score (nSPS) is 15.7. The molecule has 21 heavy (non-hydrogen) atoms. The van der Waals surface area contributed by atoms with Gasteiger partial charge in [-0.05, 0) is 12.1 Å². The third-order valence-corrected chi connectivity index (χ3v) is 4.06. The standard InChI is InChI=1S/C14H19Cl2N3O2/c15-11-2-1-3-12(14(11)16)18-10-13(20)17-4-5-19-6-8-21-9-7-19/h1-3,18H,4-10H2,(H,17,20). The Morgan fingerprint density at radius 2 is 2.05 bits per heavy atom. The number of rotatable bonds is 6. The predicted molar refractivity (Wildman–Crippen MR) is 85.2 cm³/mol. The second kappa shape index (κ2) is 8.44. The number of anilines is 1. The maximum Gasteiger partial charge on any atom is 0.239 e. The zero-order valence-electron chi connectivity index (χ0n) is 11.7. The molecule has 0 bridgehead atoms. The van der Waals surface area contributed by atoms with Crippen LogP contribution < -0.4 is 10.6 Å². The molecule has 1 amide bonds. The Morgan fingerprint density at radius 1 is 1.29 bits per heavy atom. The second-order valence-corrected chi connectivity index (χ2v) is 5.54. The molecule has 1 aliphatic heterocycles. The number of carbonyl (C=O) groups is 1. The molecule has 1 aromatic rings. The van der Waals surface area contributed by atoms with E-state index in [9.17, 15) is 4.79 Å². The van der Waals surface area contributed by atoms with Crippen LogP contribution in [0.15, 0.2) is 18.2 Å². The van der Waals surface area contributed by atoms with E-state index in [1.807, 2.05) is 0 Å². The Morgan fingerprint density at radius 3 is 2.81 bits per heavy atom. The summed E-state index contributed by atoms with van der Waals surface area (Å²) < 4.78 is 5.27. The second-order valence-electron chi connectivity index (χ2n) is 4.76. The topological polar surface area (TPSA) is 53.6 Å². The van der Waals surface area contributed by atoms with Crippen LogP contribution in [0.2, 0.25) is 10.0 Å². The fourth-order valence-corrected chi connectivity index (χ4v) is 2.42. The van der Waals surface area contributed by atoms with Crippen molar-refractivity contribution in [1.29, 1.82) is 0 Å². The van der Waals surface area contributed by atoms with Crippen LogP contribution in [0, 0.1) is 0 Å². The minimum Gasteiger partial charge on any atom is -0.379 e. The highest BCUT2D eigenvalue weighted by atomic mass is 35.5. The van der Waals surface area contributed by atoms with Gasteiger partial charge in [-0.2, -0.15) is 0 Å². The first-order valence-corrected chi connectivity index (χ1v) is 7.67. The first-order chi connectivity index (χ1) is 10.2. The molecule has 1 aromatic carbocycles. The van der Waals surface area contributed by atoms with Gasteiger partial charge in [-0.3, -0.25) is 9.69 Å². The molecule has 7 heteroatoms. The molecule has 1 fully saturated rings. The molecule has 1 heterocycles. The fraction of sp³-hybridized carbons (Fsp3) is 0.500. The lowest BCUT2D eigenvalue weighted by Crippen LogP contribution is -2.42. The van der Waals surface area contributed by atoms with Crippen molar-refractivity contribution in [2.24, 2.45) is 0 Å². The van der Waals surface area contributed by atoms with Gasteiger partial charge in [0.15, 0.2) is 0 Å². The van der Waals surface area contributed by atoms with E-state index >= 15 is 0 Å². The summed E-state index contributed by atoms with van der Waals surface area (Å²) in [6.45, 7) is 5.02. The highest BCUT2D eigenvalue weighted by Gasteiger charge is 2.10. The zero-order chi connectivity index (χ0) is 15.1. The predicted octanol–water partition coefficient (Wildman–Crippen LogP) is 1.85. The van der Waals surface area contributed by atoms with Crippen LogP contribution in [-0.2, 0) is 9.53 Å². The number of nitrogens with zero attached hydrogens (tertiary/aromatic N) is 1. The summed E-state index contributed by atoms with van der Waals surface area (Å²) in [4.78, 5) is 14.0. The van der Waals surface area contributed by atoms with Gasteiger partial charge in [-0.25, -0.2) is 0 Å². The van der Waals surface area contributed by atoms with E-state index in [1.165, 1.54) is 0 Å². The highest BCUT2D eigenvalue weighted by Crippen LogP contribution is 2.29. The number of ether oxygens (including phenoxy) is 1. The number of halogens is 2. The molecule has 0 unspecified atom stereocenters. The Kier molecular flexibility index (Phi) is 6.57. The van der Waals surface area contributed by atoms with Gasteiger partial charge in [0.05, 0.1) is 35.5 Å². The van der Waals surface area contributed by atoms with Gasteiger partial charge < -0.3 is 15.4 Å². The Labute approximate surface area is 134 Å². The largest absolute Gasteiger partial charge is 0.379 e. The third-order valence-electron chi connectivity index (χ3n) is 3.24. The lowest BCUT2D eigenvalue weighted by atomic mass is 10.3. The summed E-state index contributed by atoms with van der Waals surface area (Å²) in [5, 5.41) is 6.75. The molecule has 0 radical (unpaired) electrons. The molecular formula is C14H19Cl2N3O2. The average Bonchev–Trinajstić information content (AvgIpc) is 2.50. The van der Waals surface area contributed by atoms with E-state index in [0.29, 0.717) is 22.3 Å². The monoisotopic (exact) mass is 331 g/mol. The van der Waals surface area contributed by atoms with Crippen LogP contribution in [0.1, 0.15) is 0 Å². The minimum atomic E-state index is -0.0701. The molecule has 0 spiro atoms. The van der Waals surface area contributed by atoms with Gasteiger partial charge in [0.25, 0.3) is 0 Å². The molecule has 5 nitrogen and oxygen atoms in total. The summed E-state index contributed by atoms with van der Waals surface area (Å²) in [6.07, 6.45) is 0. The average molecular weight is 332 g/mol. The van der Waals surface area contributed by atoms with Gasteiger partial charge in [-0.1, -0.05) is 29.3 Å². The number of carbonyl (C=O) groups excluding carboxylic acids is 1. The lowest BCUT2D eigenvalue weighted by molar-refractivity contribution is -0.119. The van der Waals surface area contributed by atoms with Crippen LogP contribution in [0.25, 0.3) is 0 Å². The van der Waals surface area contributed by atoms with Crippen LogP contribution in [-0.4, -0.2) is 56.7 Å². The molecule has 116 valence electrons. The van der Waals surface area contributed by atoms with E-state index in [-0.39, 0.29) is 12.5 Å². The Hall–Kier alpha value is -1.01. The zero-order valence-corrected chi connectivity index (χ0v) is 13.2. The first kappa shape index (κ1) is 16.4. The first-order valence-electron chi connectivity index (χ1n) is 6.91. The summed E-state index contributed by atoms with van der Waals surface area (Å²) in [7, 11) is 0. The van der Waals surface area contributed by atoms with E-state index in [0.717, 1.165) is 32.8 Å². The smallest absolute Gasteiger partial charge is 0.239 e. The van der Waals surface area contributed by atoms with Crippen molar-refractivity contribution in [1.82, 2.24) is 10.2 Å². The number of nitrogens with one attached hydrogen (secondary N) is 2. The van der Waals surface area contributed by atoms with Crippen molar-refractivity contribution in [3.63, 3.8) is 0 Å². The third kappa shape index (κ3) is 5.36. The molecule has 0 saturated carbocycles. The van der Waals surface area contributed by atoms with Gasteiger partial charge in [-0.15, -0.1) is 0 Å². The Balaban J connectivity index is 1.66. The van der Waals surface area contributed by atoms with Crippen molar-refractivity contribution < 1.29 is 9.53 Å². The van der Waals surface area contributed by atoms with Gasteiger partial charge in [0.2, 0.25) is 5.91 Å². The number of benzene rings is 1. The summed E-state index contributed by atoms with van der Waals surface area (Å²) in [5.74, 6) is -0.0701. The Bertz CT molecular complexity index is 479. The molecule has 2 N–H and O–H groups in total. The van der Waals surface area contributed by atoms with Crippen LogP contribution in [0.3, 0.4) is 0 Å². The van der Waals surface area contributed by atoms with Crippen LogP contribution in [0.5, 0.6) is 0 Å². The summed E-state index contributed by atoms with van der Waals surface area (Å²) >= 11 is 11.9. The number of morpholine rings is 1. The molecule has 1 aliphatic rings. The minimum absolute atomic E-state index is 0.0701. The van der Waals surface area contributed by atoms with E-state index < -0.39 is 0 Å². The molecule has 0 atom stereocenters. The van der Waals surface area contributed by atoms with Crippen molar-refractivity contribution in [2.75, 3.05) is 51.3 Å². The van der Waals surface area contributed by atoms with Gasteiger partial charge >= 0.3 is 0 Å². The lowest BCUT2D eigenvalue weighted by Gasteiger charge is -2.26. The van der Waals surface area contributed by atoms with E-state index in [2.05, 4.69) is 15.5 Å². The van der Waals surface area contributed by atoms with Crippen molar-refractivity contribution >= 4 is 34.8 Å². The number of hydrogen-bond donors (Lipinski definition) is 2. The molecular weight excluding hydrogens is 313 g/mol. The number of hydrogen-bond acceptors (Lipinski definition) is 4. The summed E-state index contributed by atoms with van der Waals surface area (Å²) in [6, 6.07) is 5.28. The van der Waals surface area contributed by atoms with Crippen molar-refractivity contribution in [3.8, 4) is 0 Å². The summed E-state index contributed by atoms with van der Waals surface area (Å²) in [5.41, 5.74) is 0.660. The maximum absolute atomic E-state index is 11.8. The van der Waals surface area contributed by atoms with E-state index in [4.69, 9.17) is 27.9 Å². The molecule has 0 aromatic heterocycles. The van der Waals surface area contributed by atoms with Crippen molar-refractivity contribution in [2.45, 2.75) is 0 Å². The van der Waals surface area contributed by atoms with Crippen molar-refractivity contribution in [3.05, 3.63) is 28.2 Å². The van der Waals surface area contributed by atoms with Gasteiger partial charge in [0.1, 0.15) is 0 Å². The molecule has 1 saturated heterocycles. The van der Waals surface area contributed by atoms with Crippen LogP contribution in [0.4, 0.5) is 5.69 Å². The number of amides is 1. The quantitative estimate of drug-likeness (QED) is 0.835. The van der Waals surface area contributed by atoms with Gasteiger partial charge in [0, 0.05) is 26.2 Å². The molecule has 2 rings (SSSR count). The van der Waals surface area contributed by atoms with Crippen LogP contribution >= 0.6 is 23.2 Å². The maximum atomic E-state index is 11.8. The SMILES string of the molecule is O=C(CNc1cccc(Cl)c1Cl)NCCN1CCOCC1.